The average molecular weight is 280 g/mol. The number of nitriles is 1. The van der Waals surface area contributed by atoms with Crippen LogP contribution < -0.4 is 10.5 Å². The lowest BCUT2D eigenvalue weighted by molar-refractivity contribution is 0.303. The van der Waals surface area contributed by atoms with E-state index in [-0.39, 0.29) is 6.04 Å². The van der Waals surface area contributed by atoms with Gasteiger partial charge in [0.1, 0.15) is 12.4 Å². The first-order chi connectivity index (χ1) is 10.0. The van der Waals surface area contributed by atoms with Gasteiger partial charge in [-0.25, -0.2) is 0 Å². The fourth-order valence-electron chi connectivity index (χ4n) is 2.20. The minimum absolute atomic E-state index is 0.0264. The van der Waals surface area contributed by atoms with Crippen molar-refractivity contribution in [2.24, 2.45) is 5.73 Å². The molecule has 2 rings (SSSR count). The highest BCUT2D eigenvalue weighted by molar-refractivity contribution is 5.39. The summed E-state index contributed by atoms with van der Waals surface area (Å²) in [5, 5.41) is 8.88. The molecule has 0 spiro atoms. The molecule has 21 heavy (non-hydrogen) atoms. The molecule has 0 aromatic heterocycles. The summed E-state index contributed by atoms with van der Waals surface area (Å²) in [6.45, 7) is 6.48. The van der Waals surface area contributed by atoms with E-state index in [2.05, 4.69) is 12.1 Å². The zero-order valence-corrected chi connectivity index (χ0v) is 12.7. The molecule has 0 aliphatic heterocycles. The molecule has 1 atom stereocenters. The Labute approximate surface area is 126 Å². The van der Waals surface area contributed by atoms with Gasteiger partial charge in [-0.2, -0.15) is 5.26 Å². The number of aryl methyl sites for hydroxylation is 2. The molecule has 0 unspecified atom stereocenters. The van der Waals surface area contributed by atoms with E-state index in [0.717, 1.165) is 28.0 Å². The summed E-state index contributed by atoms with van der Waals surface area (Å²) in [5.74, 6) is 0.864. The van der Waals surface area contributed by atoms with Gasteiger partial charge in [0.15, 0.2) is 0 Å². The predicted octanol–water partition coefficient (Wildman–Crippen LogP) is 3.77. The van der Waals surface area contributed by atoms with Gasteiger partial charge in [0, 0.05) is 6.04 Å². The number of hydrogen-bond acceptors (Lipinski definition) is 3. The van der Waals surface area contributed by atoms with Crippen molar-refractivity contribution in [2.75, 3.05) is 0 Å². The van der Waals surface area contributed by atoms with Crippen molar-refractivity contribution in [1.29, 1.82) is 5.26 Å². The van der Waals surface area contributed by atoms with Gasteiger partial charge in [0.2, 0.25) is 0 Å². The van der Waals surface area contributed by atoms with Crippen LogP contribution in [0.3, 0.4) is 0 Å². The summed E-state index contributed by atoms with van der Waals surface area (Å²) in [5.41, 5.74) is 10.9. The first-order valence-electron chi connectivity index (χ1n) is 7.00. The normalized spacial score (nSPS) is 11.8. The molecule has 0 bridgehead atoms. The largest absolute Gasteiger partial charge is 0.489 e. The Morgan fingerprint density at radius 2 is 1.90 bits per heavy atom. The number of nitrogens with two attached hydrogens (primary N) is 1. The van der Waals surface area contributed by atoms with Gasteiger partial charge in [-0.15, -0.1) is 0 Å². The first-order valence-corrected chi connectivity index (χ1v) is 7.00. The third-order valence-corrected chi connectivity index (χ3v) is 3.58. The van der Waals surface area contributed by atoms with Gasteiger partial charge in [0.25, 0.3) is 0 Å². The molecule has 2 aromatic rings. The SMILES string of the molecule is Cc1cc(C#N)ccc1COc1ccc([C@H](C)N)cc1C. The van der Waals surface area contributed by atoms with Crippen molar-refractivity contribution in [3.8, 4) is 11.8 Å². The molecule has 2 aromatic carbocycles. The Morgan fingerprint density at radius 3 is 2.48 bits per heavy atom. The maximum Gasteiger partial charge on any atom is 0.122 e. The van der Waals surface area contributed by atoms with Crippen molar-refractivity contribution in [2.45, 2.75) is 33.4 Å². The predicted molar refractivity (Wildman–Crippen MR) is 84.0 cm³/mol. The van der Waals surface area contributed by atoms with Gasteiger partial charge >= 0.3 is 0 Å². The molecule has 0 radical (unpaired) electrons. The van der Waals surface area contributed by atoms with E-state index < -0.39 is 0 Å². The maximum atomic E-state index is 8.88. The maximum absolute atomic E-state index is 8.88. The van der Waals surface area contributed by atoms with E-state index in [9.17, 15) is 0 Å². The van der Waals surface area contributed by atoms with Gasteiger partial charge in [-0.1, -0.05) is 18.2 Å². The summed E-state index contributed by atoms with van der Waals surface area (Å²) in [7, 11) is 0. The number of hydrogen-bond donors (Lipinski definition) is 1. The minimum atomic E-state index is 0.0264. The molecule has 0 saturated heterocycles. The van der Waals surface area contributed by atoms with Gasteiger partial charge in [-0.3, -0.25) is 0 Å². The second kappa shape index (κ2) is 6.43. The summed E-state index contributed by atoms with van der Waals surface area (Å²) < 4.78 is 5.89. The van der Waals surface area contributed by atoms with E-state index in [1.54, 1.807) is 0 Å². The quantitative estimate of drug-likeness (QED) is 0.927. The summed E-state index contributed by atoms with van der Waals surface area (Å²) >= 11 is 0. The highest BCUT2D eigenvalue weighted by atomic mass is 16.5. The van der Waals surface area contributed by atoms with Crippen LogP contribution in [0.15, 0.2) is 36.4 Å². The molecule has 2 N–H and O–H groups in total. The van der Waals surface area contributed by atoms with Crippen molar-refractivity contribution < 1.29 is 4.74 Å². The van der Waals surface area contributed by atoms with Crippen molar-refractivity contribution in [3.63, 3.8) is 0 Å². The van der Waals surface area contributed by atoms with Crippen LogP contribution >= 0.6 is 0 Å². The van der Waals surface area contributed by atoms with E-state index >= 15 is 0 Å². The fraction of sp³-hybridized carbons (Fsp3) is 0.278. The van der Waals surface area contributed by atoms with Crippen LogP contribution in [0.25, 0.3) is 0 Å². The Kier molecular flexibility index (Phi) is 4.62. The molecule has 0 aliphatic rings. The number of rotatable bonds is 4. The fourth-order valence-corrected chi connectivity index (χ4v) is 2.20. The van der Waals surface area contributed by atoms with E-state index in [0.29, 0.717) is 12.2 Å². The lowest BCUT2D eigenvalue weighted by Gasteiger charge is -2.13. The van der Waals surface area contributed by atoms with Crippen LogP contribution in [0.4, 0.5) is 0 Å². The minimum Gasteiger partial charge on any atom is -0.489 e. The third-order valence-electron chi connectivity index (χ3n) is 3.58. The van der Waals surface area contributed by atoms with Gasteiger partial charge < -0.3 is 10.5 Å². The van der Waals surface area contributed by atoms with E-state index in [1.165, 1.54) is 0 Å². The van der Waals surface area contributed by atoms with Crippen LogP contribution in [-0.2, 0) is 6.61 Å². The van der Waals surface area contributed by atoms with Crippen LogP contribution in [0.2, 0.25) is 0 Å². The smallest absolute Gasteiger partial charge is 0.122 e. The molecule has 3 nitrogen and oxygen atoms in total. The number of nitrogens with zero attached hydrogens (tertiary/aromatic N) is 1. The molecule has 0 heterocycles. The molecule has 3 heteroatoms. The second-order valence-electron chi connectivity index (χ2n) is 5.36. The van der Waals surface area contributed by atoms with Crippen molar-refractivity contribution in [3.05, 3.63) is 64.2 Å². The van der Waals surface area contributed by atoms with Gasteiger partial charge in [-0.05, 0) is 61.2 Å². The molecule has 0 saturated carbocycles. The zero-order valence-electron chi connectivity index (χ0n) is 12.7. The molecule has 0 fully saturated rings. The summed E-state index contributed by atoms with van der Waals surface area (Å²) in [6, 6.07) is 13.8. The Balaban J connectivity index is 2.12. The Bertz CT molecular complexity index is 684. The average Bonchev–Trinajstić information content (AvgIpc) is 2.46. The van der Waals surface area contributed by atoms with Crippen molar-refractivity contribution in [1.82, 2.24) is 0 Å². The molecular formula is C18H20N2O. The van der Waals surface area contributed by atoms with Gasteiger partial charge in [0.05, 0.1) is 11.6 Å². The Morgan fingerprint density at radius 1 is 1.14 bits per heavy atom. The third kappa shape index (κ3) is 3.62. The van der Waals surface area contributed by atoms with Crippen LogP contribution in [-0.4, -0.2) is 0 Å². The lowest BCUT2D eigenvalue weighted by atomic mass is 10.1. The molecule has 0 amide bonds. The van der Waals surface area contributed by atoms with Crippen LogP contribution in [0.5, 0.6) is 5.75 Å². The number of benzene rings is 2. The summed E-state index contributed by atoms with van der Waals surface area (Å²) in [6.07, 6.45) is 0. The van der Waals surface area contributed by atoms with E-state index in [1.807, 2.05) is 51.1 Å². The monoisotopic (exact) mass is 280 g/mol. The second-order valence-corrected chi connectivity index (χ2v) is 5.36. The highest BCUT2D eigenvalue weighted by Crippen LogP contribution is 2.23. The zero-order chi connectivity index (χ0) is 15.4. The molecule has 108 valence electrons. The van der Waals surface area contributed by atoms with E-state index in [4.69, 9.17) is 15.7 Å². The first kappa shape index (κ1) is 15.1. The number of ether oxygens (including phenoxy) is 1. The standard InChI is InChI=1S/C18H20N2O/c1-12-8-15(10-19)4-5-17(12)11-21-18-7-6-16(14(3)20)9-13(18)2/h4-9,14H,11,20H2,1-3H3/t14-/m0/s1. The van der Waals surface area contributed by atoms with Crippen molar-refractivity contribution >= 4 is 0 Å². The van der Waals surface area contributed by atoms with Crippen LogP contribution in [0.1, 0.15) is 40.8 Å². The highest BCUT2D eigenvalue weighted by Gasteiger charge is 2.06. The molecular weight excluding hydrogens is 260 g/mol. The van der Waals surface area contributed by atoms with Crippen LogP contribution in [0, 0.1) is 25.2 Å². The topological polar surface area (TPSA) is 59.0 Å². The molecule has 0 aliphatic carbocycles. The summed E-state index contributed by atoms with van der Waals surface area (Å²) in [4.78, 5) is 0. The Hall–Kier alpha value is -2.31. The lowest BCUT2D eigenvalue weighted by Crippen LogP contribution is -2.06.